The predicted octanol–water partition coefficient (Wildman–Crippen LogP) is 3.57. The van der Waals surface area contributed by atoms with Crippen LogP contribution in [0.2, 0.25) is 0 Å². The smallest absolute Gasteiger partial charge is 0.329 e. The number of carbonyl (C=O) groups is 3. The lowest BCUT2D eigenvalue weighted by atomic mass is 9.91. The molecule has 7 heteroatoms. The molecule has 2 aliphatic rings. The van der Waals surface area contributed by atoms with E-state index in [1.54, 1.807) is 24.3 Å². The standard InChI is InChI=1S/C24H24N4O3/c29-21(14-13-20-23(30)28(24(31)27-20)15-7-2-1-3-8-15)25-19-12-6-10-17-16-9-4-5-11-18(16)26-22(17)19/h1-5,7-9,11,19-20,26H,6,10,12-14H2,(H,25,29)(H,27,31)/t19-,20-/m0/s1. The van der Waals surface area contributed by atoms with Crippen LogP contribution >= 0.6 is 0 Å². The molecule has 31 heavy (non-hydrogen) atoms. The van der Waals surface area contributed by atoms with Gasteiger partial charge in [-0.1, -0.05) is 36.4 Å². The second-order valence-corrected chi connectivity index (χ2v) is 8.13. The van der Waals surface area contributed by atoms with Gasteiger partial charge in [-0.3, -0.25) is 9.59 Å². The van der Waals surface area contributed by atoms with Gasteiger partial charge in [-0.2, -0.15) is 0 Å². The summed E-state index contributed by atoms with van der Waals surface area (Å²) in [5, 5.41) is 7.04. The Bertz CT molecular complexity index is 1150. The van der Waals surface area contributed by atoms with Crippen molar-refractivity contribution in [1.82, 2.24) is 15.6 Å². The fraction of sp³-hybridized carbons (Fsp3) is 0.292. The molecule has 7 nitrogen and oxygen atoms in total. The molecule has 0 saturated carbocycles. The maximum atomic E-state index is 12.7. The van der Waals surface area contributed by atoms with Gasteiger partial charge in [0.15, 0.2) is 0 Å². The molecule has 3 N–H and O–H groups in total. The highest BCUT2D eigenvalue weighted by Crippen LogP contribution is 2.34. The summed E-state index contributed by atoms with van der Waals surface area (Å²) in [6.45, 7) is 0. The number of hydrogen-bond donors (Lipinski definition) is 3. The summed E-state index contributed by atoms with van der Waals surface area (Å²) in [6.07, 6.45) is 3.34. The number of hydrogen-bond acceptors (Lipinski definition) is 3. The first-order chi connectivity index (χ1) is 15.1. The van der Waals surface area contributed by atoms with Crippen LogP contribution in [-0.4, -0.2) is 28.9 Å². The third-order valence-electron chi connectivity index (χ3n) is 6.14. The monoisotopic (exact) mass is 416 g/mol. The second-order valence-electron chi connectivity index (χ2n) is 8.13. The van der Waals surface area contributed by atoms with Crippen molar-refractivity contribution in [2.45, 2.75) is 44.2 Å². The number of urea groups is 1. The van der Waals surface area contributed by atoms with Crippen molar-refractivity contribution >= 4 is 34.4 Å². The Hall–Kier alpha value is -3.61. The van der Waals surface area contributed by atoms with Crippen LogP contribution in [0.4, 0.5) is 10.5 Å². The van der Waals surface area contributed by atoms with Gasteiger partial charge >= 0.3 is 6.03 Å². The van der Waals surface area contributed by atoms with Gasteiger partial charge in [0.2, 0.25) is 5.91 Å². The van der Waals surface area contributed by atoms with E-state index in [1.165, 1.54) is 10.9 Å². The number of rotatable bonds is 5. The van der Waals surface area contributed by atoms with Gasteiger partial charge in [-0.05, 0) is 49.4 Å². The van der Waals surface area contributed by atoms with Gasteiger partial charge in [-0.15, -0.1) is 0 Å². The number of fused-ring (bicyclic) bond motifs is 3. The molecule has 158 valence electrons. The minimum absolute atomic E-state index is 0.0571. The summed E-state index contributed by atoms with van der Waals surface area (Å²) in [6, 6.07) is 15.8. The highest BCUT2D eigenvalue weighted by atomic mass is 16.2. The van der Waals surface area contributed by atoms with Crippen molar-refractivity contribution in [3.8, 4) is 0 Å². The number of anilines is 1. The lowest BCUT2D eigenvalue weighted by Crippen LogP contribution is -2.34. The molecule has 0 radical (unpaired) electrons. The van der Waals surface area contributed by atoms with Crippen molar-refractivity contribution in [2.24, 2.45) is 0 Å². The lowest BCUT2D eigenvalue weighted by Gasteiger charge is -2.24. The number of nitrogens with one attached hydrogen (secondary N) is 3. The minimum atomic E-state index is -0.687. The van der Waals surface area contributed by atoms with Crippen molar-refractivity contribution < 1.29 is 14.4 Å². The Morgan fingerprint density at radius 3 is 2.68 bits per heavy atom. The summed E-state index contributed by atoms with van der Waals surface area (Å²) < 4.78 is 0. The Labute approximate surface area is 179 Å². The summed E-state index contributed by atoms with van der Waals surface area (Å²) in [5.41, 5.74) is 3.99. The van der Waals surface area contributed by atoms with Crippen molar-refractivity contribution in [3.05, 3.63) is 65.9 Å². The van der Waals surface area contributed by atoms with E-state index in [0.29, 0.717) is 5.69 Å². The largest absolute Gasteiger partial charge is 0.356 e. The minimum Gasteiger partial charge on any atom is -0.356 e. The van der Waals surface area contributed by atoms with Gasteiger partial charge in [0.1, 0.15) is 6.04 Å². The van der Waals surface area contributed by atoms with Crippen LogP contribution in [0.5, 0.6) is 0 Å². The first kappa shape index (κ1) is 19.4. The van der Waals surface area contributed by atoms with E-state index >= 15 is 0 Å². The van der Waals surface area contributed by atoms with Crippen LogP contribution < -0.4 is 15.5 Å². The number of aryl methyl sites for hydroxylation is 1. The molecule has 1 saturated heterocycles. The van der Waals surface area contributed by atoms with Gasteiger partial charge in [0.05, 0.1) is 11.7 Å². The molecular formula is C24H24N4O3. The van der Waals surface area contributed by atoms with Crippen LogP contribution in [0.1, 0.15) is 43.0 Å². The highest BCUT2D eigenvalue weighted by molar-refractivity contribution is 6.21. The van der Waals surface area contributed by atoms with Gasteiger partial charge in [0, 0.05) is 23.0 Å². The molecule has 0 bridgehead atoms. The number of benzene rings is 2. The first-order valence-electron chi connectivity index (χ1n) is 10.7. The molecule has 1 aliphatic carbocycles. The fourth-order valence-electron chi connectivity index (χ4n) is 4.65. The van der Waals surface area contributed by atoms with E-state index in [0.717, 1.165) is 35.4 Å². The molecule has 1 fully saturated rings. The maximum Gasteiger partial charge on any atom is 0.329 e. The third-order valence-corrected chi connectivity index (χ3v) is 6.14. The number of imide groups is 1. The molecule has 1 aliphatic heterocycles. The normalized spacial score (nSPS) is 20.6. The summed E-state index contributed by atoms with van der Waals surface area (Å²) in [5.74, 6) is -0.434. The van der Waals surface area contributed by atoms with E-state index < -0.39 is 12.1 Å². The van der Waals surface area contributed by atoms with E-state index in [2.05, 4.69) is 27.8 Å². The fourth-order valence-corrected chi connectivity index (χ4v) is 4.65. The summed E-state index contributed by atoms with van der Waals surface area (Å²) >= 11 is 0. The average Bonchev–Trinajstić information content (AvgIpc) is 3.30. The van der Waals surface area contributed by atoms with Crippen molar-refractivity contribution in [1.29, 1.82) is 0 Å². The number of para-hydroxylation sites is 2. The Morgan fingerprint density at radius 2 is 1.84 bits per heavy atom. The highest BCUT2D eigenvalue weighted by Gasteiger charge is 2.39. The SMILES string of the molecule is O=C(CC[C@@H]1NC(=O)N(c2ccccc2)C1=O)N[C@H]1CCCc2c1[nH]c1ccccc21. The van der Waals surface area contributed by atoms with Crippen LogP contribution in [0, 0.1) is 0 Å². The summed E-state index contributed by atoms with van der Waals surface area (Å²) in [7, 11) is 0. The van der Waals surface area contributed by atoms with Crippen molar-refractivity contribution in [3.63, 3.8) is 0 Å². The Balaban J connectivity index is 1.23. The first-order valence-corrected chi connectivity index (χ1v) is 10.7. The average molecular weight is 416 g/mol. The number of aromatic nitrogens is 1. The van der Waals surface area contributed by atoms with Crippen LogP contribution in [-0.2, 0) is 16.0 Å². The zero-order valence-corrected chi connectivity index (χ0v) is 17.1. The zero-order chi connectivity index (χ0) is 21.4. The molecule has 3 aromatic rings. The topological polar surface area (TPSA) is 94.3 Å². The van der Waals surface area contributed by atoms with Crippen LogP contribution in [0.3, 0.4) is 0 Å². The summed E-state index contributed by atoms with van der Waals surface area (Å²) in [4.78, 5) is 42.2. The lowest BCUT2D eigenvalue weighted by molar-refractivity contribution is -0.122. The molecule has 5 rings (SSSR count). The molecule has 4 amide bonds. The number of amides is 4. The van der Waals surface area contributed by atoms with Gasteiger partial charge < -0.3 is 15.6 Å². The molecule has 2 atom stereocenters. The number of H-pyrrole nitrogens is 1. The number of aromatic amines is 1. The maximum absolute atomic E-state index is 12.7. The van der Waals surface area contributed by atoms with Crippen LogP contribution in [0.25, 0.3) is 10.9 Å². The van der Waals surface area contributed by atoms with E-state index in [9.17, 15) is 14.4 Å². The van der Waals surface area contributed by atoms with Crippen LogP contribution in [0.15, 0.2) is 54.6 Å². The molecule has 0 spiro atoms. The molecule has 1 aromatic heterocycles. The molecule has 0 unspecified atom stereocenters. The zero-order valence-electron chi connectivity index (χ0n) is 17.1. The van der Waals surface area contributed by atoms with E-state index in [1.807, 2.05) is 18.2 Å². The number of nitrogens with zero attached hydrogens (tertiary/aromatic N) is 1. The van der Waals surface area contributed by atoms with Crippen molar-refractivity contribution in [2.75, 3.05) is 4.90 Å². The molecule has 2 aromatic carbocycles. The van der Waals surface area contributed by atoms with Gasteiger partial charge in [-0.25, -0.2) is 9.69 Å². The molecule has 2 heterocycles. The second kappa shape index (κ2) is 7.91. The van der Waals surface area contributed by atoms with Gasteiger partial charge in [0.25, 0.3) is 5.91 Å². The Kier molecular flexibility index (Phi) is 4.94. The third kappa shape index (κ3) is 3.56. The molecular weight excluding hydrogens is 392 g/mol. The Morgan fingerprint density at radius 1 is 1.06 bits per heavy atom. The predicted molar refractivity (Wildman–Crippen MR) is 118 cm³/mol. The quantitative estimate of drug-likeness (QED) is 0.555. The number of carbonyl (C=O) groups excluding carboxylic acids is 3. The van der Waals surface area contributed by atoms with E-state index in [4.69, 9.17) is 0 Å². The van der Waals surface area contributed by atoms with E-state index in [-0.39, 0.29) is 30.7 Å².